The molecule has 0 unspecified atom stereocenters. The van der Waals surface area contributed by atoms with Crippen molar-refractivity contribution in [2.75, 3.05) is 33.0 Å². The Bertz CT molecular complexity index is 905. The molecule has 2 fully saturated rings. The summed E-state index contributed by atoms with van der Waals surface area (Å²) in [5.74, 6) is 0.813. The Morgan fingerprint density at radius 1 is 1.11 bits per heavy atom. The molecule has 2 saturated heterocycles. The lowest BCUT2D eigenvalue weighted by Crippen LogP contribution is -2.45. The Morgan fingerprint density at radius 2 is 1.89 bits per heavy atom. The molecule has 8 heteroatoms. The number of furan rings is 1. The molecule has 0 N–H and O–H groups in total. The van der Waals surface area contributed by atoms with Crippen molar-refractivity contribution in [1.29, 1.82) is 0 Å². The van der Waals surface area contributed by atoms with Crippen LogP contribution in [0.3, 0.4) is 0 Å². The zero-order chi connectivity index (χ0) is 18.8. The molecule has 0 bridgehead atoms. The Balaban J connectivity index is 1.50. The van der Waals surface area contributed by atoms with E-state index in [0.29, 0.717) is 47.8 Å². The summed E-state index contributed by atoms with van der Waals surface area (Å²) in [4.78, 5) is 28.5. The van der Waals surface area contributed by atoms with Crippen molar-refractivity contribution in [2.24, 2.45) is 0 Å². The van der Waals surface area contributed by atoms with E-state index < -0.39 is 0 Å². The van der Waals surface area contributed by atoms with Gasteiger partial charge in [-0.1, -0.05) is 23.7 Å². The fraction of sp³-hybridized carbons (Fsp3) is 0.263. The summed E-state index contributed by atoms with van der Waals surface area (Å²) >= 11 is 7.12. The van der Waals surface area contributed by atoms with E-state index in [1.807, 2.05) is 23.1 Å². The zero-order valence-corrected chi connectivity index (χ0v) is 16.0. The standard InChI is InChI=1S/C19H17ClN2O4S/c20-15-4-2-1-3-14(15)16-6-5-13(26-16)11-17-18(23)22(19(24)27-17)12-21-7-9-25-10-8-21/h1-6,11H,7-10,12H2/b17-11+. The van der Waals surface area contributed by atoms with Gasteiger partial charge >= 0.3 is 0 Å². The molecular weight excluding hydrogens is 388 g/mol. The molecular formula is C19H17ClN2O4S. The van der Waals surface area contributed by atoms with Crippen LogP contribution in [0.1, 0.15) is 5.76 Å². The minimum atomic E-state index is -0.299. The third-order valence-electron chi connectivity index (χ3n) is 4.36. The Kier molecular flexibility index (Phi) is 5.36. The van der Waals surface area contributed by atoms with Crippen molar-refractivity contribution in [3.8, 4) is 11.3 Å². The van der Waals surface area contributed by atoms with Crippen LogP contribution >= 0.6 is 23.4 Å². The lowest BCUT2D eigenvalue weighted by atomic mass is 10.2. The maximum Gasteiger partial charge on any atom is 0.294 e. The van der Waals surface area contributed by atoms with E-state index in [1.54, 1.807) is 24.3 Å². The highest BCUT2D eigenvalue weighted by molar-refractivity contribution is 8.18. The molecule has 4 rings (SSSR count). The molecule has 0 atom stereocenters. The monoisotopic (exact) mass is 404 g/mol. The van der Waals surface area contributed by atoms with Gasteiger partial charge in [-0.25, -0.2) is 0 Å². The first-order valence-corrected chi connectivity index (χ1v) is 9.71. The number of carbonyl (C=O) groups is 2. The highest BCUT2D eigenvalue weighted by Gasteiger charge is 2.36. The number of ether oxygens (including phenoxy) is 1. The number of amides is 2. The van der Waals surface area contributed by atoms with Gasteiger partial charge in [-0.05, 0) is 36.0 Å². The summed E-state index contributed by atoms with van der Waals surface area (Å²) in [5.41, 5.74) is 0.777. The van der Waals surface area contributed by atoms with Gasteiger partial charge in [-0.2, -0.15) is 0 Å². The van der Waals surface area contributed by atoms with Crippen LogP contribution in [-0.2, 0) is 9.53 Å². The Hall–Kier alpha value is -2.06. The summed E-state index contributed by atoms with van der Waals surface area (Å²) in [6.07, 6.45) is 1.60. The number of hydrogen-bond acceptors (Lipinski definition) is 6. The third kappa shape index (κ3) is 3.96. The summed E-state index contributed by atoms with van der Waals surface area (Å²) in [6.45, 7) is 2.93. The first kappa shape index (κ1) is 18.3. The van der Waals surface area contributed by atoms with E-state index >= 15 is 0 Å². The van der Waals surface area contributed by atoms with Gasteiger partial charge in [0.2, 0.25) is 0 Å². The van der Waals surface area contributed by atoms with E-state index in [4.69, 9.17) is 20.8 Å². The van der Waals surface area contributed by atoms with Gasteiger partial charge in [0.05, 0.1) is 29.8 Å². The molecule has 6 nitrogen and oxygen atoms in total. The van der Waals surface area contributed by atoms with Crippen LogP contribution in [-0.4, -0.2) is 53.9 Å². The van der Waals surface area contributed by atoms with Gasteiger partial charge in [0.15, 0.2) is 0 Å². The van der Waals surface area contributed by atoms with Crippen LogP contribution < -0.4 is 0 Å². The van der Waals surface area contributed by atoms with Crippen LogP contribution in [0.15, 0.2) is 45.7 Å². The number of imide groups is 1. The number of rotatable bonds is 4. The van der Waals surface area contributed by atoms with Gasteiger partial charge in [0.1, 0.15) is 11.5 Å². The Morgan fingerprint density at radius 3 is 2.67 bits per heavy atom. The predicted molar refractivity (Wildman–Crippen MR) is 104 cm³/mol. The lowest BCUT2D eigenvalue weighted by Gasteiger charge is -2.29. The van der Waals surface area contributed by atoms with Crippen molar-refractivity contribution >= 4 is 40.6 Å². The number of thioether (sulfide) groups is 1. The second kappa shape index (κ2) is 7.90. The van der Waals surface area contributed by atoms with Crippen LogP contribution in [0.2, 0.25) is 5.02 Å². The number of hydrogen-bond donors (Lipinski definition) is 0. The first-order chi connectivity index (χ1) is 13.1. The second-order valence-electron chi connectivity index (χ2n) is 6.16. The van der Waals surface area contributed by atoms with Gasteiger partial charge in [-0.3, -0.25) is 19.4 Å². The molecule has 27 heavy (non-hydrogen) atoms. The maximum absolute atomic E-state index is 12.6. The molecule has 1 aromatic carbocycles. The van der Waals surface area contributed by atoms with E-state index in [9.17, 15) is 9.59 Å². The van der Waals surface area contributed by atoms with Gasteiger partial charge in [0, 0.05) is 24.7 Å². The molecule has 140 valence electrons. The fourth-order valence-electron chi connectivity index (χ4n) is 2.93. The normalized spacial score (nSPS) is 20.0. The van der Waals surface area contributed by atoms with Crippen molar-refractivity contribution in [3.05, 3.63) is 52.1 Å². The highest BCUT2D eigenvalue weighted by atomic mass is 35.5. The van der Waals surface area contributed by atoms with Crippen molar-refractivity contribution in [1.82, 2.24) is 9.80 Å². The van der Waals surface area contributed by atoms with Crippen LogP contribution in [0, 0.1) is 0 Å². The smallest absolute Gasteiger partial charge is 0.294 e. The first-order valence-electron chi connectivity index (χ1n) is 8.52. The predicted octanol–water partition coefficient (Wildman–Crippen LogP) is 3.93. The number of halogens is 1. The van der Waals surface area contributed by atoms with Crippen molar-refractivity contribution in [3.63, 3.8) is 0 Å². The number of nitrogens with zero attached hydrogens (tertiary/aromatic N) is 2. The molecule has 0 radical (unpaired) electrons. The average molecular weight is 405 g/mol. The summed E-state index contributed by atoms with van der Waals surface area (Å²) in [6, 6.07) is 10.9. The second-order valence-corrected chi connectivity index (χ2v) is 7.56. The van der Waals surface area contributed by atoms with Crippen LogP contribution in [0.5, 0.6) is 0 Å². The zero-order valence-electron chi connectivity index (χ0n) is 14.4. The molecule has 2 aliphatic heterocycles. The topological polar surface area (TPSA) is 63.0 Å². The fourth-order valence-corrected chi connectivity index (χ4v) is 3.97. The van der Waals surface area contributed by atoms with E-state index in [0.717, 1.165) is 17.3 Å². The number of morpholine rings is 1. The molecule has 0 saturated carbocycles. The highest BCUT2D eigenvalue weighted by Crippen LogP contribution is 2.34. The molecule has 0 aliphatic carbocycles. The van der Waals surface area contributed by atoms with Crippen LogP contribution in [0.25, 0.3) is 17.4 Å². The molecule has 2 aromatic rings. The van der Waals surface area contributed by atoms with E-state index in [2.05, 4.69) is 0 Å². The molecule has 2 aliphatic rings. The summed E-state index contributed by atoms with van der Waals surface area (Å²) < 4.78 is 11.1. The average Bonchev–Trinajstić information content (AvgIpc) is 3.23. The molecule has 3 heterocycles. The minimum absolute atomic E-state index is 0.268. The Labute approximate surface area is 165 Å². The third-order valence-corrected chi connectivity index (χ3v) is 5.60. The number of carbonyl (C=O) groups excluding carboxylic acids is 2. The molecule has 0 spiro atoms. The summed E-state index contributed by atoms with van der Waals surface area (Å²) in [7, 11) is 0. The van der Waals surface area contributed by atoms with Gasteiger partial charge in [0.25, 0.3) is 11.1 Å². The van der Waals surface area contributed by atoms with Gasteiger partial charge in [-0.15, -0.1) is 0 Å². The maximum atomic E-state index is 12.6. The minimum Gasteiger partial charge on any atom is -0.457 e. The van der Waals surface area contributed by atoms with E-state index in [-0.39, 0.29) is 17.8 Å². The summed E-state index contributed by atoms with van der Waals surface area (Å²) in [5, 5.41) is 0.319. The quantitative estimate of drug-likeness (QED) is 0.719. The van der Waals surface area contributed by atoms with Crippen molar-refractivity contribution in [2.45, 2.75) is 0 Å². The SMILES string of the molecule is O=C1S/C(=C/c2ccc(-c3ccccc3Cl)o2)C(=O)N1CN1CCOCC1. The van der Waals surface area contributed by atoms with E-state index in [1.165, 1.54) is 4.90 Å². The lowest BCUT2D eigenvalue weighted by molar-refractivity contribution is -0.125. The van der Waals surface area contributed by atoms with Crippen LogP contribution in [0.4, 0.5) is 4.79 Å². The molecule has 1 aromatic heterocycles. The number of benzene rings is 1. The molecule has 2 amide bonds. The largest absolute Gasteiger partial charge is 0.457 e. The van der Waals surface area contributed by atoms with Gasteiger partial charge < -0.3 is 9.15 Å². The van der Waals surface area contributed by atoms with Crippen molar-refractivity contribution < 1.29 is 18.7 Å².